The lowest BCUT2D eigenvalue weighted by molar-refractivity contribution is 0.0936. The van der Waals surface area contributed by atoms with Crippen LogP contribution in [0.4, 0.5) is 4.39 Å². The van der Waals surface area contributed by atoms with Gasteiger partial charge in [-0.05, 0) is 73.5 Å². The lowest BCUT2D eigenvalue weighted by atomic mass is 10.1. The Kier molecular flexibility index (Phi) is 7.89. The summed E-state index contributed by atoms with van der Waals surface area (Å²) in [7, 11) is 0. The molecule has 1 aromatic rings. The SMILES string of the molecule is CCN(CC)CCCC(C)NC(=O)c1cc(F)ccc1Br. The summed E-state index contributed by atoms with van der Waals surface area (Å²) >= 11 is 3.28. The maximum absolute atomic E-state index is 13.2. The van der Waals surface area contributed by atoms with Crippen molar-refractivity contribution in [1.82, 2.24) is 10.2 Å². The van der Waals surface area contributed by atoms with Gasteiger partial charge in [0, 0.05) is 10.5 Å². The summed E-state index contributed by atoms with van der Waals surface area (Å²) in [6, 6.07) is 4.20. The van der Waals surface area contributed by atoms with Crippen molar-refractivity contribution in [3.05, 3.63) is 34.1 Å². The Bertz CT molecular complexity index is 464. The van der Waals surface area contributed by atoms with Crippen molar-refractivity contribution in [1.29, 1.82) is 0 Å². The summed E-state index contributed by atoms with van der Waals surface area (Å²) in [5.41, 5.74) is 0.339. The van der Waals surface area contributed by atoms with Crippen molar-refractivity contribution < 1.29 is 9.18 Å². The van der Waals surface area contributed by atoms with E-state index in [1.807, 2.05) is 6.92 Å². The minimum atomic E-state index is -0.405. The van der Waals surface area contributed by atoms with Gasteiger partial charge in [-0.3, -0.25) is 4.79 Å². The first-order chi connectivity index (χ1) is 9.97. The van der Waals surface area contributed by atoms with Crippen molar-refractivity contribution >= 4 is 21.8 Å². The zero-order valence-electron chi connectivity index (χ0n) is 13.0. The number of nitrogens with zero attached hydrogens (tertiary/aromatic N) is 1. The molecule has 0 aliphatic rings. The zero-order chi connectivity index (χ0) is 15.8. The van der Waals surface area contributed by atoms with E-state index < -0.39 is 5.82 Å². The molecule has 5 heteroatoms. The van der Waals surface area contributed by atoms with Gasteiger partial charge < -0.3 is 10.2 Å². The van der Waals surface area contributed by atoms with Crippen LogP contribution in [-0.2, 0) is 0 Å². The Balaban J connectivity index is 2.45. The van der Waals surface area contributed by atoms with E-state index in [4.69, 9.17) is 0 Å². The van der Waals surface area contributed by atoms with Crippen molar-refractivity contribution in [3.63, 3.8) is 0 Å². The third-order valence-corrected chi connectivity index (χ3v) is 4.25. The maximum atomic E-state index is 13.2. The second kappa shape index (κ2) is 9.15. The van der Waals surface area contributed by atoms with Gasteiger partial charge in [0.2, 0.25) is 0 Å². The molecule has 0 saturated heterocycles. The van der Waals surface area contributed by atoms with Crippen molar-refractivity contribution in [2.24, 2.45) is 0 Å². The summed E-state index contributed by atoms with van der Waals surface area (Å²) in [6.07, 6.45) is 1.95. The summed E-state index contributed by atoms with van der Waals surface area (Å²) < 4.78 is 13.8. The first kappa shape index (κ1) is 18.1. The second-order valence-electron chi connectivity index (χ2n) is 5.17. The number of rotatable bonds is 8. The van der Waals surface area contributed by atoms with Crippen LogP contribution in [0.3, 0.4) is 0 Å². The quantitative estimate of drug-likeness (QED) is 0.765. The molecule has 0 bridgehead atoms. The molecule has 118 valence electrons. The van der Waals surface area contributed by atoms with Gasteiger partial charge in [-0.15, -0.1) is 0 Å². The average Bonchev–Trinajstić information content (AvgIpc) is 2.46. The van der Waals surface area contributed by atoms with Gasteiger partial charge >= 0.3 is 0 Å². The molecule has 0 heterocycles. The molecular formula is C16H24BrFN2O. The predicted octanol–water partition coefficient (Wildman–Crippen LogP) is 3.83. The van der Waals surface area contributed by atoms with E-state index in [0.717, 1.165) is 32.5 Å². The molecule has 1 rings (SSSR count). The molecule has 21 heavy (non-hydrogen) atoms. The fourth-order valence-corrected chi connectivity index (χ4v) is 2.63. The topological polar surface area (TPSA) is 32.3 Å². The molecule has 0 fully saturated rings. The number of benzene rings is 1. The van der Waals surface area contributed by atoms with Crippen LogP contribution >= 0.6 is 15.9 Å². The lowest BCUT2D eigenvalue weighted by Gasteiger charge is -2.20. The van der Waals surface area contributed by atoms with E-state index in [1.165, 1.54) is 12.1 Å². The number of hydrogen-bond donors (Lipinski definition) is 1. The van der Waals surface area contributed by atoms with Gasteiger partial charge in [0.15, 0.2) is 0 Å². The van der Waals surface area contributed by atoms with Gasteiger partial charge in [-0.2, -0.15) is 0 Å². The molecule has 1 amide bonds. The Morgan fingerprint density at radius 1 is 1.38 bits per heavy atom. The summed E-state index contributed by atoms with van der Waals surface area (Å²) in [5.74, 6) is -0.644. The summed E-state index contributed by atoms with van der Waals surface area (Å²) in [6.45, 7) is 9.41. The maximum Gasteiger partial charge on any atom is 0.252 e. The molecule has 0 aliphatic heterocycles. The van der Waals surface area contributed by atoms with Crippen LogP contribution in [0.2, 0.25) is 0 Å². The fraction of sp³-hybridized carbons (Fsp3) is 0.562. The first-order valence-corrected chi connectivity index (χ1v) is 8.25. The molecule has 0 saturated carbocycles. The second-order valence-corrected chi connectivity index (χ2v) is 6.02. The number of carbonyl (C=O) groups excluding carboxylic acids is 1. The van der Waals surface area contributed by atoms with Crippen molar-refractivity contribution in [3.8, 4) is 0 Å². The van der Waals surface area contributed by atoms with E-state index in [-0.39, 0.29) is 11.9 Å². The molecule has 0 aliphatic carbocycles. The third-order valence-electron chi connectivity index (χ3n) is 3.56. The van der Waals surface area contributed by atoms with Gasteiger partial charge in [0.05, 0.1) is 5.56 Å². The van der Waals surface area contributed by atoms with E-state index in [2.05, 4.69) is 40.0 Å². The molecule has 1 atom stereocenters. The normalized spacial score (nSPS) is 12.5. The highest BCUT2D eigenvalue weighted by molar-refractivity contribution is 9.10. The van der Waals surface area contributed by atoms with Gasteiger partial charge in [0.1, 0.15) is 5.82 Å². The number of hydrogen-bond acceptors (Lipinski definition) is 2. The number of carbonyl (C=O) groups is 1. The van der Waals surface area contributed by atoms with Crippen LogP contribution in [0.5, 0.6) is 0 Å². The molecule has 0 spiro atoms. The van der Waals surface area contributed by atoms with E-state index in [9.17, 15) is 9.18 Å². The molecule has 0 aromatic heterocycles. The molecule has 0 radical (unpaired) electrons. The number of nitrogens with one attached hydrogen (secondary N) is 1. The third kappa shape index (κ3) is 6.14. The van der Waals surface area contributed by atoms with Crippen LogP contribution in [0, 0.1) is 5.82 Å². The molecular weight excluding hydrogens is 335 g/mol. The molecule has 3 nitrogen and oxygen atoms in total. The van der Waals surface area contributed by atoms with E-state index in [1.54, 1.807) is 6.07 Å². The summed E-state index contributed by atoms with van der Waals surface area (Å²) in [4.78, 5) is 14.5. The molecule has 1 N–H and O–H groups in total. The highest BCUT2D eigenvalue weighted by Crippen LogP contribution is 2.18. The Morgan fingerprint density at radius 3 is 2.67 bits per heavy atom. The average molecular weight is 359 g/mol. The summed E-state index contributed by atoms with van der Waals surface area (Å²) in [5, 5.41) is 2.92. The van der Waals surface area contributed by atoms with Gasteiger partial charge in [0.25, 0.3) is 5.91 Å². The van der Waals surface area contributed by atoms with E-state index >= 15 is 0 Å². The molecule has 1 unspecified atom stereocenters. The highest BCUT2D eigenvalue weighted by Gasteiger charge is 2.13. The standard InChI is InChI=1S/C16H24BrFN2O/c1-4-20(5-2)10-6-7-12(3)19-16(21)14-11-13(18)8-9-15(14)17/h8-9,11-12H,4-7,10H2,1-3H3,(H,19,21). The monoisotopic (exact) mass is 358 g/mol. The van der Waals surface area contributed by atoms with Crippen LogP contribution in [0.15, 0.2) is 22.7 Å². The predicted molar refractivity (Wildman–Crippen MR) is 88.1 cm³/mol. The smallest absolute Gasteiger partial charge is 0.252 e. The van der Waals surface area contributed by atoms with Crippen LogP contribution in [0.1, 0.15) is 44.0 Å². The van der Waals surface area contributed by atoms with Gasteiger partial charge in [-0.25, -0.2) is 4.39 Å². The Morgan fingerprint density at radius 2 is 2.05 bits per heavy atom. The van der Waals surface area contributed by atoms with E-state index in [0.29, 0.717) is 10.0 Å². The van der Waals surface area contributed by atoms with Gasteiger partial charge in [-0.1, -0.05) is 13.8 Å². The van der Waals surface area contributed by atoms with Crippen LogP contribution in [-0.4, -0.2) is 36.5 Å². The Hall–Kier alpha value is -0.940. The van der Waals surface area contributed by atoms with Crippen molar-refractivity contribution in [2.75, 3.05) is 19.6 Å². The number of halogens is 2. The lowest BCUT2D eigenvalue weighted by Crippen LogP contribution is -2.34. The largest absolute Gasteiger partial charge is 0.350 e. The zero-order valence-corrected chi connectivity index (χ0v) is 14.5. The highest BCUT2D eigenvalue weighted by atomic mass is 79.9. The van der Waals surface area contributed by atoms with Crippen LogP contribution < -0.4 is 5.32 Å². The first-order valence-electron chi connectivity index (χ1n) is 7.46. The minimum Gasteiger partial charge on any atom is -0.350 e. The van der Waals surface area contributed by atoms with Crippen LogP contribution in [0.25, 0.3) is 0 Å². The number of amides is 1. The Labute approximate surface area is 135 Å². The van der Waals surface area contributed by atoms with Crippen molar-refractivity contribution in [2.45, 2.75) is 39.7 Å². The fourth-order valence-electron chi connectivity index (χ4n) is 2.21. The molecule has 1 aromatic carbocycles. The minimum absolute atomic E-state index is 0.0724.